The van der Waals surface area contributed by atoms with Crippen molar-refractivity contribution in [3.8, 4) is 0 Å². The lowest BCUT2D eigenvalue weighted by Crippen LogP contribution is -2.29. The van der Waals surface area contributed by atoms with Crippen molar-refractivity contribution in [2.24, 2.45) is 5.92 Å². The van der Waals surface area contributed by atoms with Crippen LogP contribution in [0.5, 0.6) is 0 Å². The molecule has 88 valence electrons. The first-order chi connectivity index (χ1) is 7.50. The molecule has 3 N–H and O–H groups in total. The molecule has 1 amide bonds. The van der Waals surface area contributed by atoms with Gasteiger partial charge in [-0.25, -0.2) is 0 Å². The Morgan fingerprint density at radius 1 is 1.62 bits per heavy atom. The normalized spacial score (nSPS) is 12.1. The van der Waals surface area contributed by atoms with Crippen molar-refractivity contribution in [1.29, 1.82) is 0 Å². The Hall–Kier alpha value is -1.85. The summed E-state index contributed by atoms with van der Waals surface area (Å²) < 4.78 is 0. The topological polar surface area (TPSA) is 95.1 Å². The van der Waals surface area contributed by atoms with Gasteiger partial charge in [0.05, 0.1) is 11.8 Å². The maximum Gasteiger partial charge on any atom is 0.303 e. The molecule has 1 aromatic heterocycles. The molecule has 1 aromatic rings. The first-order valence-corrected chi connectivity index (χ1v) is 5.00. The van der Waals surface area contributed by atoms with Crippen molar-refractivity contribution in [2.75, 3.05) is 6.54 Å². The maximum atomic E-state index is 11.6. The van der Waals surface area contributed by atoms with Crippen LogP contribution < -0.4 is 5.32 Å². The molecule has 0 spiro atoms. The minimum absolute atomic E-state index is 0.0463. The van der Waals surface area contributed by atoms with E-state index in [-0.39, 0.29) is 18.2 Å². The van der Waals surface area contributed by atoms with E-state index in [4.69, 9.17) is 5.11 Å². The van der Waals surface area contributed by atoms with E-state index in [0.29, 0.717) is 17.8 Å². The lowest BCUT2D eigenvalue weighted by molar-refractivity contribution is -0.137. The first kappa shape index (κ1) is 12.2. The first-order valence-electron chi connectivity index (χ1n) is 5.00. The number of aromatic nitrogens is 2. The highest BCUT2D eigenvalue weighted by atomic mass is 16.4. The van der Waals surface area contributed by atoms with Crippen LogP contribution in [0.25, 0.3) is 0 Å². The number of rotatable bonds is 5. The van der Waals surface area contributed by atoms with E-state index in [1.165, 1.54) is 6.20 Å². The number of aromatic amines is 1. The van der Waals surface area contributed by atoms with E-state index in [2.05, 4.69) is 15.5 Å². The molecule has 0 radical (unpaired) electrons. The molecule has 1 unspecified atom stereocenters. The van der Waals surface area contributed by atoms with Gasteiger partial charge < -0.3 is 10.4 Å². The number of carboxylic acids is 1. The van der Waals surface area contributed by atoms with Gasteiger partial charge in [-0.3, -0.25) is 14.7 Å². The summed E-state index contributed by atoms with van der Waals surface area (Å²) >= 11 is 0. The van der Waals surface area contributed by atoms with Crippen LogP contribution in [0.1, 0.15) is 29.4 Å². The van der Waals surface area contributed by atoms with Gasteiger partial charge in [0.2, 0.25) is 0 Å². The van der Waals surface area contributed by atoms with E-state index in [0.717, 1.165) is 0 Å². The van der Waals surface area contributed by atoms with Crippen molar-refractivity contribution in [2.45, 2.75) is 20.3 Å². The van der Waals surface area contributed by atoms with Crippen molar-refractivity contribution < 1.29 is 14.7 Å². The molecule has 0 aliphatic rings. The second-order valence-corrected chi connectivity index (χ2v) is 3.82. The summed E-state index contributed by atoms with van der Waals surface area (Å²) in [6.07, 6.45) is 1.50. The average Bonchev–Trinajstić information content (AvgIpc) is 2.60. The van der Waals surface area contributed by atoms with Gasteiger partial charge in [-0.1, -0.05) is 6.92 Å². The van der Waals surface area contributed by atoms with E-state index in [1.54, 1.807) is 13.8 Å². The minimum atomic E-state index is -0.860. The number of carbonyl (C=O) groups excluding carboxylic acids is 1. The zero-order chi connectivity index (χ0) is 12.1. The van der Waals surface area contributed by atoms with Gasteiger partial charge in [-0.2, -0.15) is 5.10 Å². The number of nitrogens with one attached hydrogen (secondary N) is 2. The molecule has 6 nitrogen and oxygen atoms in total. The van der Waals surface area contributed by atoms with Gasteiger partial charge in [0.15, 0.2) is 0 Å². The van der Waals surface area contributed by atoms with Crippen LogP contribution in [0.2, 0.25) is 0 Å². The van der Waals surface area contributed by atoms with Gasteiger partial charge in [0, 0.05) is 18.7 Å². The van der Waals surface area contributed by atoms with E-state index >= 15 is 0 Å². The van der Waals surface area contributed by atoms with Gasteiger partial charge in [-0.15, -0.1) is 0 Å². The Bertz CT molecular complexity index is 386. The number of amides is 1. The standard InChI is InChI=1S/C10H15N3O3/c1-6(3-9(14)15)4-11-10(16)8-5-12-13-7(8)2/h5-6H,3-4H2,1-2H3,(H,11,16)(H,12,13)(H,14,15). The van der Waals surface area contributed by atoms with Crippen molar-refractivity contribution in [3.63, 3.8) is 0 Å². The maximum absolute atomic E-state index is 11.6. The predicted octanol–water partition coefficient (Wildman–Crippen LogP) is 0.559. The predicted molar refractivity (Wildman–Crippen MR) is 57.1 cm³/mol. The summed E-state index contributed by atoms with van der Waals surface area (Å²) in [5, 5.41) is 17.6. The third kappa shape index (κ3) is 3.38. The zero-order valence-electron chi connectivity index (χ0n) is 9.28. The summed E-state index contributed by atoms with van der Waals surface area (Å²) in [5.41, 5.74) is 1.19. The summed E-state index contributed by atoms with van der Waals surface area (Å²) in [4.78, 5) is 22.0. The lowest BCUT2D eigenvalue weighted by Gasteiger charge is -2.09. The molecule has 0 fully saturated rings. The molecule has 0 aliphatic heterocycles. The largest absolute Gasteiger partial charge is 0.481 e. The van der Waals surface area contributed by atoms with Gasteiger partial charge in [-0.05, 0) is 12.8 Å². The van der Waals surface area contributed by atoms with Crippen molar-refractivity contribution in [1.82, 2.24) is 15.5 Å². The van der Waals surface area contributed by atoms with E-state index in [1.807, 2.05) is 0 Å². The molecular formula is C10H15N3O3. The highest BCUT2D eigenvalue weighted by Crippen LogP contribution is 2.04. The Kier molecular flexibility index (Phi) is 4.04. The molecule has 0 saturated heterocycles. The minimum Gasteiger partial charge on any atom is -0.481 e. The second kappa shape index (κ2) is 5.29. The number of carboxylic acid groups (broad SMARTS) is 1. The fourth-order valence-corrected chi connectivity index (χ4v) is 1.31. The molecule has 0 bridgehead atoms. The Morgan fingerprint density at radius 3 is 2.81 bits per heavy atom. The molecule has 0 aromatic carbocycles. The Morgan fingerprint density at radius 2 is 2.31 bits per heavy atom. The van der Waals surface area contributed by atoms with Gasteiger partial charge >= 0.3 is 5.97 Å². The summed E-state index contributed by atoms with van der Waals surface area (Å²) in [6, 6.07) is 0. The highest BCUT2D eigenvalue weighted by Gasteiger charge is 2.13. The smallest absolute Gasteiger partial charge is 0.303 e. The van der Waals surface area contributed by atoms with E-state index in [9.17, 15) is 9.59 Å². The van der Waals surface area contributed by atoms with Crippen LogP contribution in [0.4, 0.5) is 0 Å². The number of aliphatic carboxylic acids is 1. The molecule has 0 aliphatic carbocycles. The fraction of sp³-hybridized carbons (Fsp3) is 0.500. The molecule has 6 heteroatoms. The summed E-state index contributed by atoms with van der Waals surface area (Å²) in [6.45, 7) is 3.87. The van der Waals surface area contributed by atoms with Gasteiger partial charge in [0.25, 0.3) is 5.91 Å². The molecular weight excluding hydrogens is 210 g/mol. The average molecular weight is 225 g/mol. The van der Waals surface area contributed by atoms with Crippen LogP contribution >= 0.6 is 0 Å². The van der Waals surface area contributed by atoms with Crippen LogP contribution in [-0.2, 0) is 4.79 Å². The summed E-state index contributed by atoms with van der Waals surface area (Å²) in [7, 11) is 0. The lowest BCUT2D eigenvalue weighted by atomic mass is 10.1. The number of aryl methyl sites for hydroxylation is 1. The third-order valence-electron chi connectivity index (χ3n) is 2.21. The Balaban J connectivity index is 2.42. The Labute approximate surface area is 93.1 Å². The fourth-order valence-electron chi connectivity index (χ4n) is 1.31. The number of carbonyl (C=O) groups is 2. The van der Waals surface area contributed by atoms with Crippen LogP contribution in [0, 0.1) is 12.8 Å². The molecule has 0 saturated carbocycles. The molecule has 16 heavy (non-hydrogen) atoms. The van der Waals surface area contributed by atoms with E-state index < -0.39 is 5.97 Å². The number of hydrogen-bond acceptors (Lipinski definition) is 3. The van der Waals surface area contributed by atoms with Gasteiger partial charge in [0.1, 0.15) is 0 Å². The van der Waals surface area contributed by atoms with Crippen molar-refractivity contribution in [3.05, 3.63) is 17.5 Å². The summed E-state index contributed by atoms with van der Waals surface area (Å²) in [5.74, 6) is -1.18. The monoisotopic (exact) mass is 225 g/mol. The van der Waals surface area contributed by atoms with Crippen molar-refractivity contribution >= 4 is 11.9 Å². The quantitative estimate of drug-likeness (QED) is 0.682. The van der Waals surface area contributed by atoms with Crippen LogP contribution in [-0.4, -0.2) is 33.7 Å². The zero-order valence-corrected chi connectivity index (χ0v) is 9.28. The number of hydrogen-bond donors (Lipinski definition) is 3. The number of nitrogens with zero attached hydrogens (tertiary/aromatic N) is 1. The third-order valence-corrected chi connectivity index (χ3v) is 2.21. The number of H-pyrrole nitrogens is 1. The highest BCUT2D eigenvalue weighted by molar-refractivity contribution is 5.94. The molecule has 1 heterocycles. The SMILES string of the molecule is Cc1[nH]ncc1C(=O)NCC(C)CC(=O)O. The van der Waals surface area contributed by atoms with Crippen LogP contribution in [0.15, 0.2) is 6.20 Å². The van der Waals surface area contributed by atoms with Crippen LogP contribution in [0.3, 0.4) is 0 Å². The second-order valence-electron chi connectivity index (χ2n) is 3.82. The molecule has 1 rings (SSSR count). The molecule has 1 atom stereocenters.